The average molecular weight is 338 g/mol. The maximum absolute atomic E-state index is 12.3. The highest BCUT2D eigenvalue weighted by molar-refractivity contribution is 6.00. The highest BCUT2D eigenvalue weighted by Gasteiger charge is 2.13. The molecule has 0 saturated heterocycles. The summed E-state index contributed by atoms with van der Waals surface area (Å²) in [7, 11) is 0. The first-order valence-corrected chi connectivity index (χ1v) is 8.54. The highest BCUT2D eigenvalue weighted by Crippen LogP contribution is 2.27. The summed E-state index contributed by atoms with van der Waals surface area (Å²) in [5.74, 6) is -0.166. The first-order chi connectivity index (χ1) is 11.8. The Morgan fingerprint density at radius 3 is 2.32 bits per heavy atom. The molecule has 0 saturated carbocycles. The van der Waals surface area contributed by atoms with E-state index in [2.05, 4.69) is 24.5 Å². The average Bonchev–Trinajstić information content (AvgIpc) is 2.56. The molecule has 0 bridgehead atoms. The number of carbonyl (C=O) groups is 2. The molecule has 0 radical (unpaired) electrons. The first kappa shape index (κ1) is 18.7. The molecule has 0 fully saturated rings. The van der Waals surface area contributed by atoms with Crippen LogP contribution in [0.3, 0.4) is 0 Å². The number of nitrogens with one attached hydrogen (secondary N) is 2. The van der Waals surface area contributed by atoms with Gasteiger partial charge in [-0.1, -0.05) is 38.1 Å². The highest BCUT2D eigenvalue weighted by atomic mass is 16.2. The van der Waals surface area contributed by atoms with Crippen LogP contribution in [0.1, 0.15) is 52.4 Å². The largest absolute Gasteiger partial charge is 0.343 e. The van der Waals surface area contributed by atoms with Gasteiger partial charge >= 0.3 is 0 Å². The Morgan fingerprint density at radius 2 is 1.68 bits per heavy atom. The van der Waals surface area contributed by atoms with Crippen LogP contribution >= 0.6 is 0 Å². The number of rotatable bonds is 5. The van der Waals surface area contributed by atoms with Gasteiger partial charge in [0.25, 0.3) is 5.91 Å². The van der Waals surface area contributed by atoms with E-state index in [0.29, 0.717) is 11.5 Å². The number of anilines is 1. The zero-order valence-electron chi connectivity index (χ0n) is 15.6. The number of amides is 2. The molecule has 2 aromatic carbocycles. The van der Waals surface area contributed by atoms with Gasteiger partial charge in [0.15, 0.2) is 0 Å². The van der Waals surface area contributed by atoms with E-state index in [1.165, 1.54) is 0 Å². The van der Waals surface area contributed by atoms with Crippen LogP contribution in [0.15, 0.2) is 36.4 Å². The Hall–Kier alpha value is -2.62. The van der Waals surface area contributed by atoms with Gasteiger partial charge in [-0.15, -0.1) is 0 Å². The summed E-state index contributed by atoms with van der Waals surface area (Å²) >= 11 is 0. The molecule has 0 aromatic heterocycles. The predicted molar refractivity (Wildman–Crippen MR) is 102 cm³/mol. The maximum Gasteiger partial charge on any atom is 0.251 e. The number of para-hydroxylation sites is 1. The Balaban J connectivity index is 2.02. The Bertz CT molecular complexity index is 794. The van der Waals surface area contributed by atoms with Crippen LogP contribution in [0, 0.1) is 20.8 Å². The van der Waals surface area contributed by atoms with E-state index in [0.717, 1.165) is 27.9 Å². The number of hydrogen-bond donors (Lipinski definition) is 2. The van der Waals surface area contributed by atoms with Crippen molar-refractivity contribution in [3.8, 4) is 0 Å². The number of carbonyl (C=O) groups excluding carboxylic acids is 2. The molecule has 2 N–H and O–H groups in total. The third-order valence-corrected chi connectivity index (χ3v) is 4.37. The molecule has 0 aliphatic rings. The second-order valence-electron chi connectivity index (χ2n) is 6.72. The molecular formula is C21H26N2O2. The van der Waals surface area contributed by atoms with E-state index in [9.17, 15) is 9.59 Å². The molecule has 0 heterocycles. The first-order valence-electron chi connectivity index (χ1n) is 8.54. The molecule has 0 aliphatic carbocycles. The Labute approximate surface area is 149 Å². The van der Waals surface area contributed by atoms with Crippen LogP contribution in [0.2, 0.25) is 0 Å². The van der Waals surface area contributed by atoms with Crippen LogP contribution in [0.25, 0.3) is 0 Å². The Morgan fingerprint density at radius 1 is 0.960 bits per heavy atom. The third-order valence-electron chi connectivity index (χ3n) is 4.37. The van der Waals surface area contributed by atoms with Gasteiger partial charge in [-0.05, 0) is 61.1 Å². The maximum atomic E-state index is 12.3. The summed E-state index contributed by atoms with van der Waals surface area (Å²) in [5.41, 5.74) is 5.69. The number of hydrogen-bond acceptors (Lipinski definition) is 2. The second kappa shape index (κ2) is 7.97. The van der Waals surface area contributed by atoms with Crippen LogP contribution in [0.5, 0.6) is 0 Å². The fourth-order valence-corrected chi connectivity index (χ4v) is 2.67. The van der Waals surface area contributed by atoms with Gasteiger partial charge < -0.3 is 10.6 Å². The molecule has 2 aromatic rings. The van der Waals surface area contributed by atoms with Crippen LogP contribution in [-0.4, -0.2) is 18.4 Å². The van der Waals surface area contributed by atoms with E-state index >= 15 is 0 Å². The van der Waals surface area contributed by atoms with Crippen molar-refractivity contribution < 1.29 is 9.59 Å². The molecule has 0 spiro atoms. The molecule has 132 valence electrons. The van der Waals surface area contributed by atoms with Crippen molar-refractivity contribution in [2.75, 3.05) is 11.9 Å². The van der Waals surface area contributed by atoms with Crippen molar-refractivity contribution in [3.63, 3.8) is 0 Å². The molecule has 4 nitrogen and oxygen atoms in total. The molecule has 4 heteroatoms. The van der Waals surface area contributed by atoms with Gasteiger partial charge in [-0.2, -0.15) is 0 Å². The SMILES string of the molecule is Cc1ccc(C(=O)NCC(=O)Nc2c(C)cccc2C(C)C)cc1C. The van der Waals surface area contributed by atoms with Crippen molar-refractivity contribution in [2.24, 2.45) is 0 Å². The summed E-state index contributed by atoms with van der Waals surface area (Å²) in [4.78, 5) is 24.5. The minimum Gasteiger partial charge on any atom is -0.343 e. The standard InChI is InChI=1S/C21H26N2O2/c1-13(2)18-8-6-7-15(4)20(18)23-19(24)12-22-21(25)17-10-9-14(3)16(5)11-17/h6-11,13H,12H2,1-5H3,(H,22,25)(H,23,24). The van der Waals surface area contributed by atoms with Crippen molar-refractivity contribution in [1.82, 2.24) is 5.32 Å². The lowest BCUT2D eigenvalue weighted by molar-refractivity contribution is -0.115. The van der Waals surface area contributed by atoms with E-state index in [1.807, 2.05) is 51.1 Å². The van der Waals surface area contributed by atoms with E-state index in [-0.39, 0.29) is 18.4 Å². The van der Waals surface area contributed by atoms with Gasteiger partial charge in [-0.3, -0.25) is 9.59 Å². The van der Waals surface area contributed by atoms with E-state index in [4.69, 9.17) is 0 Å². The fraction of sp³-hybridized carbons (Fsp3) is 0.333. The minimum atomic E-state index is -0.243. The van der Waals surface area contributed by atoms with Crippen molar-refractivity contribution in [2.45, 2.75) is 40.5 Å². The topological polar surface area (TPSA) is 58.2 Å². The second-order valence-corrected chi connectivity index (χ2v) is 6.72. The lowest BCUT2D eigenvalue weighted by Crippen LogP contribution is -2.33. The van der Waals surface area contributed by atoms with Crippen molar-refractivity contribution in [3.05, 3.63) is 64.2 Å². The molecule has 2 amide bonds. The molecule has 0 aliphatic heterocycles. The molecule has 0 unspecified atom stereocenters. The van der Waals surface area contributed by atoms with Gasteiger partial charge in [0.05, 0.1) is 6.54 Å². The quantitative estimate of drug-likeness (QED) is 0.862. The summed E-state index contributed by atoms with van der Waals surface area (Å²) < 4.78 is 0. The fourth-order valence-electron chi connectivity index (χ4n) is 2.67. The van der Waals surface area contributed by atoms with E-state index < -0.39 is 0 Å². The summed E-state index contributed by atoms with van der Waals surface area (Å²) in [6.45, 7) is 10.0. The van der Waals surface area contributed by atoms with Crippen LogP contribution < -0.4 is 10.6 Å². The zero-order valence-corrected chi connectivity index (χ0v) is 15.6. The third kappa shape index (κ3) is 4.69. The summed E-state index contributed by atoms with van der Waals surface area (Å²) in [5, 5.41) is 5.62. The van der Waals surface area contributed by atoms with E-state index in [1.54, 1.807) is 6.07 Å². The van der Waals surface area contributed by atoms with Gasteiger partial charge in [0, 0.05) is 11.3 Å². The Kier molecular flexibility index (Phi) is 5.97. The smallest absolute Gasteiger partial charge is 0.251 e. The molecule has 2 rings (SSSR count). The minimum absolute atomic E-state index is 0.0579. The monoisotopic (exact) mass is 338 g/mol. The van der Waals surface area contributed by atoms with Gasteiger partial charge in [0.1, 0.15) is 0 Å². The zero-order chi connectivity index (χ0) is 18.6. The molecular weight excluding hydrogens is 312 g/mol. The van der Waals surface area contributed by atoms with Gasteiger partial charge in [-0.25, -0.2) is 0 Å². The summed E-state index contributed by atoms with van der Waals surface area (Å²) in [6, 6.07) is 11.5. The lowest BCUT2D eigenvalue weighted by Gasteiger charge is -2.16. The normalized spacial score (nSPS) is 10.6. The summed E-state index contributed by atoms with van der Waals surface area (Å²) in [6.07, 6.45) is 0. The molecule has 0 atom stereocenters. The lowest BCUT2D eigenvalue weighted by atomic mass is 9.98. The molecule has 25 heavy (non-hydrogen) atoms. The number of aryl methyl sites for hydroxylation is 3. The van der Waals surface area contributed by atoms with Crippen molar-refractivity contribution in [1.29, 1.82) is 0 Å². The van der Waals surface area contributed by atoms with Crippen molar-refractivity contribution >= 4 is 17.5 Å². The predicted octanol–water partition coefficient (Wildman–Crippen LogP) is 4.10. The van der Waals surface area contributed by atoms with Crippen LogP contribution in [-0.2, 0) is 4.79 Å². The van der Waals surface area contributed by atoms with Crippen LogP contribution in [0.4, 0.5) is 5.69 Å². The number of benzene rings is 2. The van der Waals surface area contributed by atoms with Gasteiger partial charge in [0.2, 0.25) is 5.91 Å².